The molecule has 0 spiro atoms. The first-order valence-corrected chi connectivity index (χ1v) is 10.1. The number of piperidine rings is 1. The summed E-state index contributed by atoms with van der Waals surface area (Å²) >= 11 is 5.64. The SMILES string of the molecule is O=S(=O)(c1ccc(Cl)cc1C(F)(F)F)N1CCC(C2CCCN2)CC1. The molecule has 140 valence electrons. The van der Waals surface area contributed by atoms with Crippen LogP contribution in [0.25, 0.3) is 0 Å². The molecule has 0 amide bonds. The molecule has 25 heavy (non-hydrogen) atoms. The number of nitrogens with one attached hydrogen (secondary N) is 1. The van der Waals surface area contributed by atoms with Crippen molar-refractivity contribution in [2.45, 2.75) is 42.8 Å². The zero-order valence-corrected chi connectivity index (χ0v) is 15.1. The van der Waals surface area contributed by atoms with Crippen LogP contribution in [0.15, 0.2) is 23.1 Å². The minimum Gasteiger partial charge on any atom is -0.314 e. The van der Waals surface area contributed by atoms with Gasteiger partial charge in [0.05, 0.1) is 10.5 Å². The van der Waals surface area contributed by atoms with E-state index in [1.807, 2.05) is 0 Å². The summed E-state index contributed by atoms with van der Waals surface area (Å²) in [5.74, 6) is 0.376. The van der Waals surface area contributed by atoms with Crippen LogP contribution in [0.5, 0.6) is 0 Å². The molecular weight excluding hydrogens is 377 g/mol. The Morgan fingerprint density at radius 3 is 2.40 bits per heavy atom. The van der Waals surface area contributed by atoms with E-state index in [1.54, 1.807) is 0 Å². The van der Waals surface area contributed by atoms with Crippen LogP contribution in [-0.4, -0.2) is 38.4 Å². The number of halogens is 4. The van der Waals surface area contributed by atoms with Crippen molar-refractivity contribution in [3.63, 3.8) is 0 Å². The number of benzene rings is 1. The van der Waals surface area contributed by atoms with Crippen LogP contribution in [0.2, 0.25) is 5.02 Å². The minimum atomic E-state index is -4.78. The highest BCUT2D eigenvalue weighted by Crippen LogP contribution is 2.38. The molecule has 2 aliphatic rings. The minimum absolute atomic E-state index is 0.141. The van der Waals surface area contributed by atoms with E-state index in [2.05, 4.69) is 5.32 Å². The van der Waals surface area contributed by atoms with Gasteiger partial charge in [0, 0.05) is 24.2 Å². The third-order valence-electron chi connectivity index (χ3n) is 5.03. The summed E-state index contributed by atoms with van der Waals surface area (Å²) in [7, 11) is -4.21. The molecule has 9 heteroatoms. The molecule has 2 heterocycles. The van der Waals surface area contributed by atoms with Gasteiger partial charge in [-0.25, -0.2) is 8.42 Å². The largest absolute Gasteiger partial charge is 0.417 e. The number of nitrogens with zero attached hydrogens (tertiary/aromatic N) is 1. The molecule has 1 atom stereocenters. The highest BCUT2D eigenvalue weighted by Gasteiger charge is 2.40. The highest BCUT2D eigenvalue weighted by atomic mass is 35.5. The van der Waals surface area contributed by atoms with Crippen LogP contribution >= 0.6 is 11.6 Å². The molecule has 1 unspecified atom stereocenters. The third kappa shape index (κ3) is 3.97. The lowest BCUT2D eigenvalue weighted by Crippen LogP contribution is -2.43. The second kappa shape index (κ2) is 7.06. The molecule has 2 aliphatic heterocycles. The Hall–Kier alpha value is -0.830. The van der Waals surface area contributed by atoms with Gasteiger partial charge in [0.25, 0.3) is 0 Å². The zero-order valence-electron chi connectivity index (χ0n) is 13.5. The van der Waals surface area contributed by atoms with Crippen molar-refractivity contribution in [2.75, 3.05) is 19.6 Å². The third-order valence-corrected chi connectivity index (χ3v) is 7.22. The first-order chi connectivity index (χ1) is 11.7. The van der Waals surface area contributed by atoms with Crippen LogP contribution < -0.4 is 5.32 Å². The Balaban J connectivity index is 1.81. The van der Waals surface area contributed by atoms with E-state index in [-0.39, 0.29) is 18.1 Å². The zero-order chi connectivity index (χ0) is 18.2. The maximum absolute atomic E-state index is 13.2. The van der Waals surface area contributed by atoms with Crippen molar-refractivity contribution >= 4 is 21.6 Å². The van der Waals surface area contributed by atoms with Gasteiger partial charge in [-0.2, -0.15) is 17.5 Å². The summed E-state index contributed by atoms with van der Waals surface area (Å²) < 4.78 is 66.4. The summed E-state index contributed by atoms with van der Waals surface area (Å²) in [6.07, 6.45) is -1.27. The molecule has 0 radical (unpaired) electrons. The molecule has 0 bridgehead atoms. The summed E-state index contributed by atoms with van der Waals surface area (Å²) in [4.78, 5) is -0.721. The Labute approximate surface area is 150 Å². The van der Waals surface area contributed by atoms with Crippen molar-refractivity contribution < 1.29 is 21.6 Å². The molecule has 2 fully saturated rings. The summed E-state index contributed by atoms with van der Waals surface area (Å²) in [5, 5.41) is 3.27. The standard InChI is InChI=1S/C16H20ClF3N2O2S/c17-12-3-4-15(13(10-12)16(18,19)20)25(23,24)22-8-5-11(6-9-22)14-2-1-7-21-14/h3-4,10-11,14,21H,1-2,5-9H2. The van der Waals surface area contributed by atoms with E-state index in [1.165, 1.54) is 6.07 Å². The average Bonchev–Trinajstić information content (AvgIpc) is 3.08. The van der Waals surface area contributed by atoms with Gasteiger partial charge in [-0.15, -0.1) is 0 Å². The molecule has 4 nitrogen and oxygen atoms in total. The molecule has 3 rings (SSSR count). The fourth-order valence-electron chi connectivity index (χ4n) is 3.72. The molecule has 2 saturated heterocycles. The van der Waals surface area contributed by atoms with Gasteiger partial charge in [0.2, 0.25) is 10.0 Å². The van der Waals surface area contributed by atoms with Crippen molar-refractivity contribution in [1.29, 1.82) is 0 Å². The number of rotatable bonds is 3. The van der Waals surface area contributed by atoms with Gasteiger partial charge in [0.1, 0.15) is 0 Å². The van der Waals surface area contributed by atoms with Gasteiger partial charge >= 0.3 is 6.18 Å². The van der Waals surface area contributed by atoms with Crippen LogP contribution in [0.1, 0.15) is 31.2 Å². The Morgan fingerprint density at radius 1 is 1.16 bits per heavy atom. The van der Waals surface area contributed by atoms with E-state index >= 15 is 0 Å². The van der Waals surface area contributed by atoms with Crippen molar-refractivity contribution in [1.82, 2.24) is 9.62 Å². The number of hydrogen-bond donors (Lipinski definition) is 1. The van der Waals surface area contributed by atoms with Crippen molar-refractivity contribution in [3.05, 3.63) is 28.8 Å². The van der Waals surface area contributed by atoms with Crippen LogP contribution in [0.3, 0.4) is 0 Å². The molecule has 0 aromatic heterocycles. The highest BCUT2D eigenvalue weighted by molar-refractivity contribution is 7.89. The summed E-state index contributed by atoms with van der Waals surface area (Å²) in [6, 6.07) is 3.19. The fraction of sp³-hybridized carbons (Fsp3) is 0.625. The van der Waals surface area contributed by atoms with Crippen molar-refractivity contribution in [2.24, 2.45) is 5.92 Å². The quantitative estimate of drug-likeness (QED) is 0.850. The topological polar surface area (TPSA) is 49.4 Å². The van der Waals surface area contributed by atoms with Gasteiger partial charge < -0.3 is 5.32 Å². The lowest BCUT2D eigenvalue weighted by atomic mass is 9.89. The molecule has 1 N–H and O–H groups in total. The normalized spacial score (nSPS) is 23.9. The van der Waals surface area contributed by atoms with Gasteiger partial charge in [-0.1, -0.05) is 11.6 Å². The predicted octanol–water partition coefficient (Wildman–Crippen LogP) is 3.51. The molecular formula is C16H20ClF3N2O2S. The van der Waals surface area contributed by atoms with Gasteiger partial charge in [-0.3, -0.25) is 0 Å². The van der Waals surface area contributed by atoms with E-state index in [9.17, 15) is 21.6 Å². The van der Waals surface area contributed by atoms with E-state index in [0.29, 0.717) is 30.9 Å². The molecule has 1 aromatic carbocycles. The molecule has 1 aromatic rings. The fourth-order valence-corrected chi connectivity index (χ4v) is 5.55. The first-order valence-electron chi connectivity index (χ1n) is 8.30. The van der Waals surface area contributed by atoms with Gasteiger partial charge in [0.15, 0.2) is 0 Å². The van der Waals surface area contributed by atoms with E-state index in [0.717, 1.165) is 29.8 Å². The van der Waals surface area contributed by atoms with Crippen LogP contribution in [0, 0.1) is 5.92 Å². The monoisotopic (exact) mass is 396 g/mol. The number of alkyl halides is 3. The predicted molar refractivity (Wildman–Crippen MR) is 89.0 cm³/mol. The number of hydrogen-bond acceptors (Lipinski definition) is 3. The van der Waals surface area contributed by atoms with Crippen molar-refractivity contribution in [3.8, 4) is 0 Å². The second-order valence-corrected chi connectivity index (χ2v) is 8.93. The van der Waals surface area contributed by atoms with Crippen LogP contribution in [-0.2, 0) is 16.2 Å². The maximum atomic E-state index is 13.2. The van der Waals surface area contributed by atoms with E-state index < -0.39 is 26.7 Å². The van der Waals surface area contributed by atoms with E-state index in [4.69, 9.17) is 11.6 Å². The molecule has 0 saturated carbocycles. The van der Waals surface area contributed by atoms with Crippen LogP contribution in [0.4, 0.5) is 13.2 Å². The first kappa shape index (κ1) is 18.9. The Bertz CT molecular complexity index is 725. The molecule has 0 aliphatic carbocycles. The van der Waals surface area contributed by atoms with Gasteiger partial charge in [-0.05, 0) is 56.3 Å². The lowest BCUT2D eigenvalue weighted by molar-refractivity contribution is -0.139. The average molecular weight is 397 g/mol. The second-order valence-electron chi connectivity index (χ2n) is 6.58. The summed E-state index contributed by atoms with van der Waals surface area (Å²) in [5.41, 5.74) is -1.21. The number of sulfonamides is 1. The lowest BCUT2D eigenvalue weighted by Gasteiger charge is -2.34. The maximum Gasteiger partial charge on any atom is 0.417 e. The Kier molecular flexibility index (Phi) is 5.35. The Morgan fingerprint density at radius 2 is 1.84 bits per heavy atom. The summed E-state index contributed by atoms with van der Waals surface area (Å²) in [6.45, 7) is 1.46. The smallest absolute Gasteiger partial charge is 0.314 e.